The number of ether oxygens (including phenoxy) is 3. The number of carbonyl (C=O) groups is 1. The highest BCUT2D eigenvalue weighted by atomic mass is 16.7. The van der Waals surface area contributed by atoms with Crippen molar-refractivity contribution >= 4 is 5.97 Å². The zero-order valence-corrected chi connectivity index (χ0v) is 11.2. The summed E-state index contributed by atoms with van der Waals surface area (Å²) >= 11 is 0. The van der Waals surface area contributed by atoms with Crippen molar-refractivity contribution in [3.8, 4) is 11.5 Å². The van der Waals surface area contributed by atoms with Gasteiger partial charge in [0.1, 0.15) is 6.61 Å². The molecular formula is C15H18O4. The highest BCUT2D eigenvalue weighted by Gasteiger charge is 2.13. The molecule has 1 rings (SSSR count). The predicted octanol–water partition coefficient (Wildman–Crippen LogP) is 3.10. The third kappa shape index (κ3) is 4.87. The van der Waals surface area contributed by atoms with Gasteiger partial charge in [0.2, 0.25) is 6.29 Å². The summed E-state index contributed by atoms with van der Waals surface area (Å²) in [6, 6.07) is 7.15. The van der Waals surface area contributed by atoms with E-state index in [1.165, 1.54) is 0 Å². The van der Waals surface area contributed by atoms with Crippen LogP contribution in [0, 0.1) is 0 Å². The summed E-state index contributed by atoms with van der Waals surface area (Å²) in [7, 11) is 0. The standard InChI is InChI=1S/C15H18O4/c1-5-10-17-13-8-6-7-9-14(13)18-12(4)19-15(16)11(2)3/h5-9,12H,1-2,10H2,3-4H3. The first-order chi connectivity index (χ1) is 9.04. The fraction of sp³-hybridized carbons (Fsp3) is 0.267. The van der Waals surface area contributed by atoms with Gasteiger partial charge in [-0.2, -0.15) is 0 Å². The first kappa shape index (κ1) is 14.8. The largest absolute Gasteiger partial charge is 0.486 e. The SMILES string of the molecule is C=CCOc1ccccc1OC(C)OC(=O)C(=C)C. The Labute approximate surface area is 113 Å². The maximum atomic E-state index is 11.4. The average Bonchev–Trinajstić information content (AvgIpc) is 2.37. The van der Waals surface area contributed by atoms with Crippen molar-refractivity contribution in [3.05, 3.63) is 49.1 Å². The van der Waals surface area contributed by atoms with Crippen LogP contribution in [0.2, 0.25) is 0 Å². The molecule has 0 amide bonds. The number of esters is 1. The summed E-state index contributed by atoms with van der Waals surface area (Å²) in [4.78, 5) is 11.4. The van der Waals surface area contributed by atoms with Crippen molar-refractivity contribution in [2.75, 3.05) is 6.61 Å². The maximum Gasteiger partial charge on any atom is 0.336 e. The molecule has 4 heteroatoms. The van der Waals surface area contributed by atoms with Gasteiger partial charge in [-0.25, -0.2) is 4.79 Å². The molecule has 0 N–H and O–H groups in total. The molecule has 0 fully saturated rings. The molecule has 0 saturated heterocycles. The van der Waals surface area contributed by atoms with Crippen molar-refractivity contribution in [2.24, 2.45) is 0 Å². The molecule has 0 aliphatic carbocycles. The predicted molar refractivity (Wildman–Crippen MR) is 73.1 cm³/mol. The van der Waals surface area contributed by atoms with Gasteiger partial charge < -0.3 is 14.2 Å². The number of rotatable bonds is 7. The second-order valence-electron chi connectivity index (χ2n) is 3.92. The lowest BCUT2D eigenvalue weighted by atomic mass is 10.3. The molecule has 1 unspecified atom stereocenters. The van der Waals surface area contributed by atoms with Gasteiger partial charge in [0.25, 0.3) is 0 Å². The van der Waals surface area contributed by atoms with Crippen LogP contribution >= 0.6 is 0 Å². The van der Waals surface area contributed by atoms with Crippen LogP contribution in [0.15, 0.2) is 49.1 Å². The molecule has 0 spiro atoms. The van der Waals surface area contributed by atoms with Crippen molar-refractivity contribution in [3.63, 3.8) is 0 Å². The highest BCUT2D eigenvalue weighted by molar-refractivity contribution is 5.87. The molecule has 0 heterocycles. The molecule has 0 aromatic heterocycles. The van der Waals surface area contributed by atoms with Crippen molar-refractivity contribution < 1.29 is 19.0 Å². The van der Waals surface area contributed by atoms with Gasteiger partial charge in [0, 0.05) is 12.5 Å². The Morgan fingerprint density at radius 2 is 2.00 bits per heavy atom. The first-order valence-electron chi connectivity index (χ1n) is 5.90. The molecule has 1 atom stereocenters. The van der Waals surface area contributed by atoms with E-state index in [9.17, 15) is 4.79 Å². The van der Waals surface area contributed by atoms with Crippen LogP contribution in [0.5, 0.6) is 11.5 Å². The van der Waals surface area contributed by atoms with E-state index in [-0.39, 0.29) is 0 Å². The minimum atomic E-state index is -0.724. The number of hydrogen-bond donors (Lipinski definition) is 0. The lowest BCUT2D eigenvalue weighted by Crippen LogP contribution is -2.21. The minimum absolute atomic E-state index is 0.326. The number of para-hydroxylation sites is 2. The van der Waals surface area contributed by atoms with E-state index in [1.807, 2.05) is 12.1 Å². The molecule has 0 aliphatic rings. The van der Waals surface area contributed by atoms with E-state index in [0.717, 1.165) is 0 Å². The van der Waals surface area contributed by atoms with Gasteiger partial charge in [-0.3, -0.25) is 0 Å². The van der Waals surface area contributed by atoms with E-state index in [1.54, 1.807) is 32.1 Å². The van der Waals surface area contributed by atoms with Crippen LogP contribution in [-0.2, 0) is 9.53 Å². The van der Waals surface area contributed by atoms with Gasteiger partial charge in [-0.15, -0.1) is 0 Å². The Hall–Kier alpha value is -2.23. The van der Waals surface area contributed by atoms with Crippen molar-refractivity contribution in [1.82, 2.24) is 0 Å². The second kappa shape index (κ2) is 7.26. The summed E-state index contributed by atoms with van der Waals surface area (Å²) in [6.45, 7) is 10.7. The second-order valence-corrected chi connectivity index (χ2v) is 3.92. The van der Waals surface area contributed by atoms with E-state index < -0.39 is 12.3 Å². The number of carbonyl (C=O) groups excluding carboxylic acids is 1. The molecule has 0 aliphatic heterocycles. The van der Waals surface area contributed by atoms with Crippen LogP contribution in [0.4, 0.5) is 0 Å². The van der Waals surface area contributed by atoms with E-state index in [4.69, 9.17) is 14.2 Å². The smallest absolute Gasteiger partial charge is 0.336 e. The number of hydrogen-bond acceptors (Lipinski definition) is 4. The van der Waals surface area contributed by atoms with Gasteiger partial charge in [0.15, 0.2) is 11.5 Å². The van der Waals surface area contributed by atoms with Gasteiger partial charge in [0.05, 0.1) is 0 Å². The maximum absolute atomic E-state index is 11.4. The lowest BCUT2D eigenvalue weighted by molar-refractivity contribution is -0.156. The zero-order chi connectivity index (χ0) is 14.3. The van der Waals surface area contributed by atoms with Crippen LogP contribution in [0.1, 0.15) is 13.8 Å². The molecule has 102 valence electrons. The topological polar surface area (TPSA) is 44.8 Å². The molecule has 0 bridgehead atoms. The fourth-order valence-electron chi connectivity index (χ4n) is 1.27. The van der Waals surface area contributed by atoms with Gasteiger partial charge >= 0.3 is 5.97 Å². The summed E-state index contributed by atoms with van der Waals surface area (Å²) in [5, 5.41) is 0. The Balaban J connectivity index is 2.67. The van der Waals surface area contributed by atoms with Crippen LogP contribution in [0.3, 0.4) is 0 Å². The third-order valence-corrected chi connectivity index (χ3v) is 2.12. The Bertz CT molecular complexity index is 465. The molecule has 19 heavy (non-hydrogen) atoms. The molecule has 0 radical (unpaired) electrons. The van der Waals surface area contributed by atoms with E-state index in [0.29, 0.717) is 23.7 Å². The molecule has 4 nitrogen and oxygen atoms in total. The Kier molecular flexibility index (Phi) is 5.67. The zero-order valence-electron chi connectivity index (χ0n) is 11.2. The summed E-state index contributed by atoms with van der Waals surface area (Å²) in [5.74, 6) is 0.587. The Morgan fingerprint density at radius 1 is 1.37 bits per heavy atom. The van der Waals surface area contributed by atoms with Crippen LogP contribution < -0.4 is 9.47 Å². The summed E-state index contributed by atoms with van der Waals surface area (Å²) < 4.78 is 16.0. The molecule has 0 saturated carbocycles. The molecule has 1 aromatic carbocycles. The highest BCUT2D eigenvalue weighted by Crippen LogP contribution is 2.27. The number of benzene rings is 1. The molecular weight excluding hydrogens is 244 g/mol. The van der Waals surface area contributed by atoms with Crippen LogP contribution in [-0.4, -0.2) is 18.9 Å². The molecule has 1 aromatic rings. The fourth-order valence-corrected chi connectivity index (χ4v) is 1.27. The normalized spacial score (nSPS) is 11.3. The summed E-state index contributed by atoms with van der Waals surface area (Å²) in [6.07, 6.45) is 0.916. The third-order valence-electron chi connectivity index (χ3n) is 2.12. The van der Waals surface area contributed by atoms with E-state index in [2.05, 4.69) is 13.2 Å². The van der Waals surface area contributed by atoms with Crippen LogP contribution in [0.25, 0.3) is 0 Å². The van der Waals surface area contributed by atoms with E-state index >= 15 is 0 Å². The summed E-state index contributed by atoms with van der Waals surface area (Å²) in [5.41, 5.74) is 0.326. The monoisotopic (exact) mass is 262 g/mol. The van der Waals surface area contributed by atoms with Gasteiger partial charge in [-0.1, -0.05) is 31.4 Å². The first-order valence-corrected chi connectivity index (χ1v) is 5.90. The van der Waals surface area contributed by atoms with Gasteiger partial charge in [-0.05, 0) is 19.1 Å². The Morgan fingerprint density at radius 3 is 2.58 bits per heavy atom. The minimum Gasteiger partial charge on any atom is -0.486 e. The quantitative estimate of drug-likeness (QED) is 0.328. The lowest BCUT2D eigenvalue weighted by Gasteiger charge is -2.17. The van der Waals surface area contributed by atoms with Crippen molar-refractivity contribution in [1.29, 1.82) is 0 Å². The average molecular weight is 262 g/mol. The van der Waals surface area contributed by atoms with Crippen molar-refractivity contribution in [2.45, 2.75) is 20.1 Å².